The maximum atomic E-state index is 10.4. The topological polar surface area (TPSA) is 60.5 Å². The molecule has 1 unspecified atom stereocenters. The molecule has 1 fully saturated rings. The molecule has 1 aromatic rings. The summed E-state index contributed by atoms with van der Waals surface area (Å²) in [5, 5.41) is 3.15. The van der Waals surface area contributed by atoms with Crippen LogP contribution in [0.15, 0.2) is 12.4 Å². The van der Waals surface area contributed by atoms with E-state index in [0.717, 1.165) is 37.0 Å². The van der Waals surface area contributed by atoms with Crippen LogP contribution < -0.4 is 5.32 Å². The molecule has 2 rings (SSSR count). The molecule has 0 radical (unpaired) electrons. The lowest BCUT2D eigenvalue weighted by molar-refractivity contribution is -0.169. The van der Waals surface area contributed by atoms with Gasteiger partial charge in [-0.2, -0.15) is 0 Å². The molecule has 1 aliphatic rings. The highest BCUT2D eigenvalue weighted by molar-refractivity contribution is 6.31. The standard InChI is InChI=1S/C13H17ClN2O3/c14-12-7-15-5-10(6-16-9-17)11(12)8-19-13-3-1-2-4-18-13/h5,7,9,13H,1-4,6,8H2,(H,16,17). The third kappa shape index (κ3) is 4.16. The highest BCUT2D eigenvalue weighted by Crippen LogP contribution is 2.22. The monoisotopic (exact) mass is 284 g/mol. The second kappa shape index (κ2) is 7.43. The second-order valence-corrected chi connectivity index (χ2v) is 4.77. The third-order valence-corrected chi connectivity index (χ3v) is 3.35. The minimum absolute atomic E-state index is 0.162. The molecule has 1 aromatic heterocycles. The van der Waals surface area contributed by atoms with Crippen LogP contribution in [0.2, 0.25) is 5.02 Å². The summed E-state index contributed by atoms with van der Waals surface area (Å²) in [7, 11) is 0. The molecule has 0 aromatic carbocycles. The minimum Gasteiger partial charge on any atom is -0.355 e. The summed E-state index contributed by atoms with van der Waals surface area (Å²) in [5.74, 6) is 0. The Hall–Kier alpha value is -1.17. The number of pyridine rings is 1. The van der Waals surface area contributed by atoms with Gasteiger partial charge in [0.2, 0.25) is 6.41 Å². The first-order valence-corrected chi connectivity index (χ1v) is 6.70. The van der Waals surface area contributed by atoms with Crippen molar-refractivity contribution in [2.75, 3.05) is 6.61 Å². The number of carbonyl (C=O) groups excluding carboxylic acids is 1. The summed E-state index contributed by atoms with van der Waals surface area (Å²) in [6, 6.07) is 0. The first-order chi connectivity index (χ1) is 9.31. The van der Waals surface area contributed by atoms with Crippen molar-refractivity contribution in [3.05, 3.63) is 28.5 Å². The Morgan fingerprint density at radius 1 is 1.53 bits per heavy atom. The van der Waals surface area contributed by atoms with Gasteiger partial charge < -0.3 is 14.8 Å². The van der Waals surface area contributed by atoms with Gasteiger partial charge in [0.1, 0.15) is 0 Å². The fraction of sp³-hybridized carbons (Fsp3) is 0.538. The molecule has 1 N–H and O–H groups in total. The van der Waals surface area contributed by atoms with E-state index < -0.39 is 0 Å². The Kier molecular flexibility index (Phi) is 5.57. The Morgan fingerprint density at radius 2 is 2.42 bits per heavy atom. The molecule has 19 heavy (non-hydrogen) atoms. The number of ether oxygens (including phenoxy) is 2. The number of amides is 1. The summed E-state index contributed by atoms with van der Waals surface area (Å²) >= 11 is 6.13. The molecular formula is C13H17ClN2O3. The van der Waals surface area contributed by atoms with Gasteiger partial charge in [0.15, 0.2) is 6.29 Å². The van der Waals surface area contributed by atoms with Gasteiger partial charge in [0, 0.05) is 31.1 Å². The van der Waals surface area contributed by atoms with E-state index in [2.05, 4.69) is 10.3 Å². The van der Waals surface area contributed by atoms with Gasteiger partial charge >= 0.3 is 0 Å². The van der Waals surface area contributed by atoms with E-state index in [1.54, 1.807) is 12.4 Å². The molecule has 0 spiro atoms. The van der Waals surface area contributed by atoms with Gasteiger partial charge in [-0.25, -0.2) is 0 Å². The number of nitrogens with one attached hydrogen (secondary N) is 1. The summed E-state index contributed by atoms with van der Waals surface area (Å²) in [4.78, 5) is 14.4. The zero-order valence-corrected chi connectivity index (χ0v) is 11.4. The van der Waals surface area contributed by atoms with Crippen LogP contribution in [0, 0.1) is 0 Å². The van der Waals surface area contributed by atoms with E-state index in [4.69, 9.17) is 21.1 Å². The molecular weight excluding hydrogens is 268 g/mol. The van der Waals surface area contributed by atoms with Crippen molar-refractivity contribution < 1.29 is 14.3 Å². The van der Waals surface area contributed by atoms with Crippen LogP contribution in [0.3, 0.4) is 0 Å². The maximum absolute atomic E-state index is 10.4. The predicted molar refractivity (Wildman–Crippen MR) is 70.5 cm³/mol. The smallest absolute Gasteiger partial charge is 0.207 e. The van der Waals surface area contributed by atoms with E-state index in [1.165, 1.54) is 0 Å². The maximum Gasteiger partial charge on any atom is 0.207 e. The summed E-state index contributed by atoms with van der Waals surface area (Å²) in [6.45, 7) is 1.50. The summed E-state index contributed by atoms with van der Waals surface area (Å²) in [5.41, 5.74) is 1.70. The molecule has 1 aliphatic heterocycles. The molecule has 5 nitrogen and oxygen atoms in total. The fourth-order valence-electron chi connectivity index (χ4n) is 1.99. The Bertz CT molecular complexity index is 422. The highest BCUT2D eigenvalue weighted by atomic mass is 35.5. The predicted octanol–water partition coefficient (Wildman–Crippen LogP) is 2.02. The van der Waals surface area contributed by atoms with Crippen molar-refractivity contribution in [2.45, 2.75) is 38.7 Å². The summed E-state index contributed by atoms with van der Waals surface area (Å²) < 4.78 is 11.2. The van der Waals surface area contributed by atoms with E-state index in [0.29, 0.717) is 24.6 Å². The van der Waals surface area contributed by atoms with Crippen LogP contribution in [0.4, 0.5) is 0 Å². The normalized spacial score (nSPS) is 19.1. The average molecular weight is 285 g/mol. The van der Waals surface area contributed by atoms with E-state index in [-0.39, 0.29) is 6.29 Å². The van der Waals surface area contributed by atoms with Crippen molar-refractivity contribution in [3.8, 4) is 0 Å². The lowest BCUT2D eigenvalue weighted by Crippen LogP contribution is -2.22. The molecule has 1 saturated heterocycles. The summed E-state index contributed by atoms with van der Waals surface area (Å²) in [6.07, 6.45) is 6.86. The molecule has 0 saturated carbocycles. The van der Waals surface area contributed by atoms with Crippen LogP contribution in [-0.2, 0) is 27.4 Å². The van der Waals surface area contributed by atoms with Gasteiger partial charge in [-0.3, -0.25) is 9.78 Å². The zero-order chi connectivity index (χ0) is 13.5. The van der Waals surface area contributed by atoms with E-state index in [1.807, 2.05) is 0 Å². The van der Waals surface area contributed by atoms with Gasteiger partial charge in [-0.1, -0.05) is 11.6 Å². The van der Waals surface area contributed by atoms with Crippen molar-refractivity contribution in [1.82, 2.24) is 10.3 Å². The number of halogens is 1. The van der Waals surface area contributed by atoms with E-state index in [9.17, 15) is 4.79 Å². The molecule has 0 aliphatic carbocycles. The Labute approximate surface area is 117 Å². The van der Waals surface area contributed by atoms with Crippen LogP contribution >= 0.6 is 11.6 Å². The SMILES string of the molecule is O=CNCc1cncc(Cl)c1COC1CCCCO1. The molecule has 6 heteroatoms. The Balaban J connectivity index is 1.98. The van der Waals surface area contributed by atoms with Crippen molar-refractivity contribution in [3.63, 3.8) is 0 Å². The van der Waals surface area contributed by atoms with Crippen LogP contribution in [-0.4, -0.2) is 24.3 Å². The van der Waals surface area contributed by atoms with Crippen molar-refractivity contribution >= 4 is 18.0 Å². The molecule has 1 atom stereocenters. The number of carbonyl (C=O) groups is 1. The minimum atomic E-state index is -0.162. The van der Waals surface area contributed by atoms with Crippen LogP contribution in [0.25, 0.3) is 0 Å². The lowest BCUT2D eigenvalue weighted by atomic mass is 10.1. The molecule has 1 amide bonds. The number of rotatable bonds is 6. The fourth-order valence-corrected chi connectivity index (χ4v) is 2.22. The molecule has 104 valence electrons. The number of hydrogen-bond acceptors (Lipinski definition) is 4. The quantitative estimate of drug-likeness (QED) is 0.812. The number of nitrogens with zero attached hydrogens (tertiary/aromatic N) is 1. The lowest BCUT2D eigenvalue weighted by Gasteiger charge is -2.23. The van der Waals surface area contributed by atoms with Crippen molar-refractivity contribution in [2.24, 2.45) is 0 Å². The first-order valence-electron chi connectivity index (χ1n) is 6.32. The third-order valence-electron chi connectivity index (χ3n) is 3.02. The average Bonchev–Trinajstić information content (AvgIpc) is 2.45. The highest BCUT2D eigenvalue weighted by Gasteiger charge is 2.16. The van der Waals surface area contributed by atoms with Gasteiger partial charge in [-0.15, -0.1) is 0 Å². The van der Waals surface area contributed by atoms with Gasteiger partial charge in [0.05, 0.1) is 11.6 Å². The van der Waals surface area contributed by atoms with Gasteiger partial charge in [0.25, 0.3) is 0 Å². The number of hydrogen-bond donors (Lipinski definition) is 1. The van der Waals surface area contributed by atoms with Crippen LogP contribution in [0.5, 0.6) is 0 Å². The van der Waals surface area contributed by atoms with Crippen LogP contribution in [0.1, 0.15) is 30.4 Å². The zero-order valence-electron chi connectivity index (χ0n) is 10.6. The number of aromatic nitrogens is 1. The second-order valence-electron chi connectivity index (χ2n) is 4.36. The van der Waals surface area contributed by atoms with Gasteiger partial charge in [-0.05, 0) is 24.8 Å². The molecule has 2 heterocycles. The van der Waals surface area contributed by atoms with E-state index >= 15 is 0 Å². The Morgan fingerprint density at radius 3 is 3.16 bits per heavy atom. The largest absolute Gasteiger partial charge is 0.355 e. The van der Waals surface area contributed by atoms with Crippen molar-refractivity contribution in [1.29, 1.82) is 0 Å². The first kappa shape index (κ1) is 14.2. The molecule has 0 bridgehead atoms.